The molecule has 0 saturated heterocycles. The Labute approximate surface area is 111 Å². The number of carbonyl (C=O) groups is 1. The van der Waals surface area contributed by atoms with E-state index in [0.717, 1.165) is 19.3 Å². The summed E-state index contributed by atoms with van der Waals surface area (Å²) < 4.78 is 0. The fourth-order valence-corrected chi connectivity index (χ4v) is 2.03. The van der Waals surface area contributed by atoms with Crippen molar-refractivity contribution in [3.05, 3.63) is 29.3 Å². The van der Waals surface area contributed by atoms with Crippen LogP contribution in [0.1, 0.15) is 19.3 Å². The molecular formula is C13H17ClN2O2. The van der Waals surface area contributed by atoms with E-state index in [1.54, 1.807) is 24.3 Å². The summed E-state index contributed by atoms with van der Waals surface area (Å²) >= 11 is 5.75. The van der Waals surface area contributed by atoms with Gasteiger partial charge in [-0.3, -0.25) is 4.79 Å². The molecule has 2 rings (SSSR count). The number of amides is 1. The quantitative estimate of drug-likeness (QED) is 0.763. The topological polar surface area (TPSA) is 61.4 Å². The maximum Gasteiger partial charge on any atom is 0.238 e. The lowest BCUT2D eigenvalue weighted by molar-refractivity contribution is -0.115. The normalized spacial score (nSPS) is 17.0. The van der Waals surface area contributed by atoms with Gasteiger partial charge in [0.1, 0.15) is 0 Å². The maximum atomic E-state index is 11.6. The van der Waals surface area contributed by atoms with Gasteiger partial charge < -0.3 is 15.7 Å². The molecule has 1 amide bonds. The van der Waals surface area contributed by atoms with Crippen molar-refractivity contribution in [1.82, 2.24) is 5.32 Å². The molecule has 0 unspecified atom stereocenters. The van der Waals surface area contributed by atoms with Crippen LogP contribution in [0.25, 0.3) is 0 Å². The first-order valence-electron chi connectivity index (χ1n) is 6.06. The third-order valence-corrected chi connectivity index (χ3v) is 3.40. The molecule has 98 valence electrons. The van der Waals surface area contributed by atoms with Crippen LogP contribution in [0.15, 0.2) is 24.3 Å². The molecule has 3 N–H and O–H groups in total. The van der Waals surface area contributed by atoms with E-state index in [2.05, 4.69) is 10.6 Å². The Hall–Kier alpha value is -1.10. The summed E-state index contributed by atoms with van der Waals surface area (Å²) in [6, 6.07) is 6.95. The van der Waals surface area contributed by atoms with Crippen LogP contribution in [0.3, 0.4) is 0 Å². The van der Waals surface area contributed by atoms with E-state index < -0.39 is 5.60 Å². The van der Waals surface area contributed by atoms with Crippen molar-refractivity contribution >= 4 is 23.2 Å². The van der Waals surface area contributed by atoms with Crippen LogP contribution in [-0.4, -0.2) is 29.7 Å². The Bertz CT molecular complexity index is 416. The van der Waals surface area contributed by atoms with Gasteiger partial charge in [-0.05, 0) is 43.5 Å². The largest absolute Gasteiger partial charge is 0.389 e. The van der Waals surface area contributed by atoms with Gasteiger partial charge >= 0.3 is 0 Å². The van der Waals surface area contributed by atoms with Gasteiger partial charge in [0.05, 0.1) is 12.1 Å². The van der Waals surface area contributed by atoms with E-state index in [9.17, 15) is 9.90 Å². The van der Waals surface area contributed by atoms with Crippen LogP contribution in [0, 0.1) is 0 Å². The van der Waals surface area contributed by atoms with Gasteiger partial charge in [0.15, 0.2) is 0 Å². The van der Waals surface area contributed by atoms with E-state index in [4.69, 9.17) is 11.6 Å². The molecule has 5 heteroatoms. The molecule has 0 atom stereocenters. The molecule has 0 radical (unpaired) electrons. The van der Waals surface area contributed by atoms with Crippen LogP contribution >= 0.6 is 11.6 Å². The molecule has 0 aromatic heterocycles. The second-order valence-corrected chi connectivity index (χ2v) is 5.17. The zero-order valence-electron chi connectivity index (χ0n) is 10.1. The molecule has 1 aromatic carbocycles. The number of anilines is 1. The average molecular weight is 269 g/mol. The summed E-state index contributed by atoms with van der Waals surface area (Å²) in [5.41, 5.74) is 0.120. The second-order valence-electron chi connectivity index (χ2n) is 4.74. The van der Waals surface area contributed by atoms with Gasteiger partial charge in [-0.2, -0.15) is 0 Å². The molecule has 1 aromatic rings. The molecule has 0 aliphatic heterocycles. The van der Waals surface area contributed by atoms with Crippen LogP contribution in [0.4, 0.5) is 5.69 Å². The minimum absolute atomic E-state index is 0.125. The lowest BCUT2D eigenvalue weighted by Crippen LogP contribution is -2.47. The third-order valence-electron chi connectivity index (χ3n) is 3.15. The standard InChI is InChI=1S/C13H17ClN2O2/c14-10-2-4-11(5-3-10)16-12(17)8-15-9-13(18)6-1-7-13/h2-5,15,18H,1,6-9H2,(H,16,17). The van der Waals surface area contributed by atoms with Crippen LogP contribution in [-0.2, 0) is 4.79 Å². The Morgan fingerprint density at radius 2 is 2.00 bits per heavy atom. The molecule has 0 spiro atoms. The lowest BCUT2D eigenvalue weighted by Gasteiger charge is -2.36. The highest BCUT2D eigenvalue weighted by Gasteiger charge is 2.33. The molecule has 0 heterocycles. The van der Waals surface area contributed by atoms with Crippen molar-refractivity contribution in [3.8, 4) is 0 Å². The Balaban J connectivity index is 1.70. The van der Waals surface area contributed by atoms with Gasteiger partial charge in [0.2, 0.25) is 5.91 Å². The lowest BCUT2D eigenvalue weighted by atomic mass is 9.80. The number of hydrogen-bond donors (Lipinski definition) is 3. The summed E-state index contributed by atoms with van der Waals surface area (Å²) in [5.74, 6) is -0.125. The van der Waals surface area contributed by atoms with E-state index in [-0.39, 0.29) is 12.5 Å². The van der Waals surface area contributed by atoms with Gasteiger partial charge in [-0.1, -0.05) is 11.6 Å². The van der Waals surface area contributed by atoms with E-state index in [0.29, 0.717) is 17.3 Å². The molecule has 18 heavy (non-hydrogen) atoms. The van der Waals surface area contributed by atoms with E-state index in [1.807, 2.05) is 0 Å². The number of rotatable bonds is 5. The monoisotopic (exact) mass is 268 g/mol. The van der Waals surface area contributed by atoms with Crippen molar-refractivity contribution in [1.29, 1.82) is 0 Å². The smallest absolute Gasteiger partial charge is 0.238 e. The number of hydrogen-bond acceptors (Lipinski definition) is 3. The van der Waals surface area contributed by atoms with Gasteiger partial charge in [0.25, 0.3) is 0 Å². The van der Waals surface area contributed by atoms with Gasteiger partial charge in [-0.25, -0.2) is 0 Å². The Morgan fingerprint density at radius 3 is 2.56 bits per heavy atom. The highest BCUT2D eigenvalue weighted by atomic mass is 35.5. The highest BCUT2D eigenvalue weighted by molar-refractivity contribution is 6.30. The summed E-state index contributed by atoms with van der Waals surface area (Å²) in [6.45, 7) is 0.673. The number of nitrogens with one attached hydrogen (secondary N) is 2. The number of halogens is 1. The van der Waals surface area contributed by atoms with Crippen molar-refractivity contribution < 1.29 is 9.90 Å². The average Bonchev–Trinajstić information content (AvgIpc) is 2.30. The van der Waals surface area contributed by atoms with Crippen molar-refractivity contribution in [2.75, 3.05) is 18.4 Å². The third kappa shape index (κ3) is 3.70. The number of aliphatic hydroxyl groups is 1. The van der Waals surface area contributed by atoms with Crippen LogP contribution in [0.2, 0.25) is 5.02 Å². The first-order chi connectivity index (χ1) is 8.57. The molecule has 1 fully saturated rings. The molecule has 1 saturated carbocycles. The zero-order chi connectivity index (χ0) is 13.0. The predicted octanol–water partition coefficient (Wildman–Crippen LogP) is 1.78. The van der Waals surface area contributed by atoms with Crippen LogP contribution < -0.4 is 10.6 Å². The van der Waals surface area contributed by atoms with Crippen molar-refractivity contribution in [2.24, 2.45) is 0 Å². The molecule has 0 bridgehead atoms. The minimum Gasteiger partial charge on any atom is -0.389 e. The Morgan fingerprint density at radius 1 is 1.33 bits per heavy atom. The van der Waals surface area contributed by atoms with E-state index in [1.165, 1.54) is 0 Å². The number of carbonyl (C=O) groups excluding carboxylic acids is 1. The van der Waals surface area contributed by atoms with Gasteiger partial charge in [0, 0.05) is 17.3 Å². The SMILES string of the molecule is O=C(CNCC1(O)CCC1)Nc1ccc(Cl)cc1. The Kier molecular flexibility index (Phi) is 4.22. The summed E-state index contributed by atoms with van der Waals surface area (Å²) in [4.78, 5) is 11.6. The molecule has 4 nitrogen and oxygen atoms in total. The first-order valence-corrected chi connectivity index (χ1v) is 6.44. The predicted molar refractivity (Wildman–Crippen MR) is 71.8 cm³/mol. The summed E-state index contributed by atoms with van der Waals surface area (Å²) in [5, 5.41) is 16.2. The number of benzene rings is 1. The van der Waals surface area contributed by atoms with Crippen molar-refractivity contribution in [2.45, 2.75) is 24.9 Å². The molecule has 1 aliphatic carbocycles. The first kappa shape index (κ1) is 13.3. The van der Waals surface area contributed by atoms with Crippen LogP contribution in [0.5, 0.6) is 0 Å². The van der Waals surface area contributed by atoms with Gasteiger partial charge in [-0.15, -0.1) is 0 Å². The summed E-state index contributed by atoms with van der Waals surface area (Å²) in [7, 11) is 0. The minimum atomic E-state index is -0.597. The fraction of sp³-hybridized carbons (Fsp3) is 0.462. The maximum absolute atomic E-state index is 11.6. The zero-order valence-corrected chi connectivity index (χ0v) is 10.8. The molecule has 1 aliphatic rings. The van der Waals surface area contributed by atoms with E-state index >= 15 is 0 Å². The summed E-state index contributed by atoms with van der Waals surface area (Å²) in [6.07, 6.45) is 2.70. The highest BCUT2D eigenvalue weighted by Crippen LogP contribution is 2.30. The van der Waals surface area contributed by atoms with Crippen molar-refractivity contribution in [3.63, 3.8) is 0 Å². The fourth-order valence-electron chi connectivity index (χ4n) is 1.91. The molecular weight excluding hydrogens is 252 g/mol. The second kappa shape index (κ2) is 5.69.